The summed E-state index contributed by atoms with van der Waals surface area (Å²) in [6, 6.07) is 0. The Morgan fingerprint density at radius 2 is 1.11 bits per heavy atom. The lowest BCUT2D eigenvalue weighted by molar-refractivity contribution is -0.870. The Morgan fingerprint density at radius 1 is 0.604 bits per heavy atom. The molecule has 0 rings (SSSR count). The van der Waals surface area contributed by atoms with Gasteiger partial charge < -0.3 is 27.9 Å². The minimum absolute atomic E-state index is 0.0457. The van der Waals surface area contributed by atoms with Gasteiger partial charge in [-0.15, -0.1) is 0 Å². The van der Waals surface area contributed by atoms with Gasteiger partial charge in [-0.2, -0.15) is 0 Å². The summed E-state index contributed by atoms with van der Waals surface area (Å²) in [6.45, 7) is 3.87. The van der Waals surface area contributed by atoms with Crippen LogP contribution in [0.1, 0.15) is 123 Å². The monoisotopic (exact) mass is 761 g/mol. The third-order valence-electron chi connectivity index (χ3n) is 7.72. The number of carbonyl (C=O) groups excluding carboxylic acids is 2. The van der Waals surface area contributed by atoms with Crippen LogP contribution in [0, 0.1) is 0 Å². The van der Waals surface area contributed by atoms with Crippen LogP contribution in [0.4, 0.5) is 0 Å². The highest BCUT2D eigenvalue weighted by Gasteiger charge is 2.21. The van der Waals surface area contributed by atoms with Gasteiger partial charge >= 0.3 is 11.9 Å². The smallest absolute Gasteiger partial charge is 0.306 e. The van der Waals surface area contributed by atoms with Crippen LogP contribution in [-0.2, 0) is 32.7 Å². The van der Waals surface area contributed by atoms with Crippen LogP contribution in [0.2, 0.25) is 0 Å². The van der Waals surface area contributed by atoms with Gasteiger partial charge in [0.05, 0.1) is 27.7 Å². The van der Waals surface area contributed by atoms with Gasteiger partial charge in [0.25, 0.3) is 7.82 Å². The molecule has 0 aliphatic heterocycles. The van der Waals surface area contributed by atoms with Crippen molar-refractivity contribution in [2.24, 2.45) is 0 Å². The first-order chi connectivity index (χ1) is 25.5. The van der Waals surface area contributed by atoms with Gasteiger partial charge in [-0.3, -0.25) is 14.2 Å². The van der Waals surface area contributed by atoms with E-state index >= 15 is 0 Å². The van der Waals surface area contributed by atoms with E-state index in [9.17, 15) is 19.0 Å². The molecule has 10 heteroatoms. The zero-order valence-electron chi connectivity index (χ0n) is 33.7. The van der Waals surface area contributed by atoms with E-state index in [1.54, 1.807) is 0 Å². The number of rotatable bonds is 34. The molecule has 9 nitrogen and oxygen atoms in total. The van der Waals surface area contributed by atoms with Gasteiger partial charge in [-0.05, 0) is 70.6 Å². The highest BCUT2D eigenvalue weighted by Crippen LogP contribution is 2.38. The second kappa shape index (κ2) is 34.9. The van der Waals surface area contributed by atoms with E-state index in [1.165, 1.54) is 0 Å². The van der Waals surface area contributed by atoms with Crippen LogP contribution in [0.3, 0.4) is 0 Å². The summed E-state index contributed by atoms with van der Waals surface area (Å²) in [6.07, 6.45) is 43.3. The lowest BCUT2D eigenvalue weighted by Gasteiger charge is -2.28. The van der Waals surface area contributed by atoms with E-state index < -0.39 is 32.5 Å². The Bertz CT molecular complexity index is 1180. The Balaban J connectivity index is 4.52. The van der Waals surface area contributed by atoms with Crippen LogP contribution in [0.25, 0.3) is 0 Å². The van der Waals surface area contributed by atoms with Crippen LogP contribution < -0.4 is 4.89 Å². The number of likely N-dealkylation sites (N-methyl/N-ethyl adjacent to an activating group) is 1. The molecule has 0 saturated heterocycles. The van der Waals surface area contributed by atoms with Crippen molar-refractivity contribution in [3.8, 4) is 0 Å². The standard InChI is InChI=1S/C43H72NO8P/c1-6-8-10-12-14-16-18-20-21-22-24-25-27-29-31-33-35-42(45)49-39-41(40-51-53(47,48)50-38-37-44(3,4)5)52-43(46)36-34-32-30-28-26-23-19-17-15-13-11-9-7-2/h8-11,13-17,19-21,24-25,41H,6-7,12,18,22-23,26-40H2,1-5H3/b10-8+,11-9+,15-13+,16-14+,19-17+,21-20+,25-24+. The summed E-state index contributed by atoms with van der Waals surface area (Å²) in [5.41, 5.74) is 0. The van der Waals surface area contributed by atoms with Crippen LogP contribution in [-0.4, -0.2) is 70.0 Å². The molecule has 0 radical (unpaired) electrons. The van der Waals surface area contributed by atoms with Crippen molar-refractivity contribution in [1.29, 1.82) is 0 Å². The number of hydrogen-bond acceptors (Lipinski definition) is 8. The molecular formula is C43H72NO8P. The second-order valence-electron chi connectivity index (χ2n) is 13.9. The van der Waals surface area contributed by atoms with Crippen molar-refractivity contribution in [1.82, 2.24) is 0 Å². The van der Waals surface area contributed by atoms with E-state index in [0.29, 0.717) is 23.9 Å². The molecule has 0 heterocycles. The first-order valence-electron chi connectivity index (χ1n) is 19.8. The molecule has 302 valence electrons. The molecule has 0 aromatic heterocycles. The van der Waals surface area contributed by atoms with Crippen molar-refractivity contribution >= 4 is 19.8 Å². The predicted molar refractivity (Wildman–Crippen MR) is 217 cm³/mol. The van der Waals surface area contributed by atoms with Gasteiger partial charge in [0.15, 0.2) is 6.10 Å². The van der Waals surface area contributed by atoms with Crippen LogP contribution in [0.15, 0.2) is 85.1 Å². The van der Waals surface area contributed by atoms with Crippen LogP contribution in [0.5, 0.6) is 0 Å². The Hall–Kier alpha value is -2.81. The Labute approximate surface area is 322 Å². The summed E-state index contributed by atoms with van der Waals surface area (Å²) in [5.74, 6) is -0.908. The maximum absolute atomic E-state index is 12.6. The van der Waals surface area contributed by atoms with Gasteiger partial charge in [0.2, 0.25) is 0 Å². The highest BCUT2D eigenvalue weighted by atomic mass is 31.2. The molecule has 0 amide bonds. The normalized spacial score (nSPS) is 14.6. The molecule has 0 spiro atoms. The topological polar surface area (TPSA) is 111 Å². The molecule has 0 saturated carbocycles. The Kier molecular flexibility index (Phi) is 33.1. The van der Waals surface area contributed by atoms with Crippen molar-refractivity contribution < 1.29 is 42.1 Å². The molecule has 0 fully saturated rings. The maximum Gasteiger partial charge on any atom is 0.306 e. The number of phosphoric ester groups is 1. The fraction of sp³-hybridized carbons (Fsp3) is 0.628. The zero-order valence-corrected chi connectivity index (χ0v) is 34.6. The molecular weight excluding hydrogens is 689 g/mol. The Morgan fingerprint density at radius 3 is 1.74 bits per heavy atom. The number of hydrogen-bond donors (Lipinski definition) is 0. The molecule has 0 N–H and O–H groups in total. The van der Waals surface area contributed by atoms with Crippen molar-refractivity contribution in [3.63, 3.8) is 0 Å². The SMILES string of the molecule is CC/C=C/C=C/C=C/CCCCCCCC(=O)OC(COC(=O)CCCCC/C=C/C/C=C/C/C=C/C/C=C/CC)COP(=O)([O-])OCC[N+](C)(C)C. The molecule has 2 unspecified atom stereocenters. The fourth-order valence-corrected chi connectivity index (χ4v) is 5.37. The summed E-state index contributed by atoms with van der Waals surface area (Å²) >= 11 is 0. The average Bonchev–Trinajstić information content (AvgIpc) is 3.10. The molecule has 0 aliphatic carbocycles. The number of phosphoric acid groups is 1. The van der Waals surface area contributed by atoms with E-state index in [4.69, 9.17) is 18.5 Å². The third kappa shape index (κ3) is 38.7. The van der Waals surface area contributed by atoms with Gasteiger partial charge in [-0.1, -0.05) is 125 Å². The summed E-state index contributed by atoms with van der Waals surface area (Å²) in [4.78, 5) is 37.4. The molecule has 0 aliphatic rings. The molecule has 0 bridgehead atoms. The lowest BCUT2D eigenvalue weighted by atomic mass is 10.1. The highest BCUT2D eigenvalue weighted by molar-refractivity contribution is 7.45. The number of esters is 2. The minimum Gasteiger partial charge on any atom is -0.756 e. The number of allylic oxidation sites excluding steroid dienone is 14. The molecule has 2 atom stereocenters. The molecule has 0 aromatic carbocycles. The quantitative estimate of drug-likeness (QED) is 0.0159. The van der Waals surface area contributed by atoms with Crippen molar-refractivity contribution in [2.45, 2.75) is 129 Å². The van der Waals surface area contributed by atoms with E-state index in [0.717, 1.165) is 83.5 Å². The van der Waals surface area contributed by atoms with Crippen LogP contribution >= 0.6 is 7.82 Å². The second-order valence-corrected chi connectivity index (χ2v) is 15.4. The van der Waals surface area contributed by atoms with Crippen molar-refractivity contribution in [3.05, 3.63) is 85.1 Å². The average molecular weight is 762 g/mol. The maximum atomic E-state index is 12.6. The predicted octanol–water partition coefficient (Wildman–Crippen LogP) is 10.2. The van der Waals surface area contributed by atoms with Gasteiger partial charge in [0, 0.05) is 12.8 Å². The van der Waals surface area contributed by atoms with Gasteiger partial charge in [0.1, 0.15) is 19.8 Å². The molecule has 53 heavy (non-hydrogen) atoms. The number of unbranched alkanes of at least 4 members (excludes halogenated alkanes) is 8. The zero-order chi connectivity index (χ0) is 39.3. The third-order valence-corrected chi connectivity index (χ3v) is 8.69. The molecule has 0 aromatic rings. The summed E-state index contributed by atoms with van der Waals surface area (Å²) in [5, 5.41) is 0. The van der Waals surface area contributed by atoms with Gasteiger partial charge in [-0.25, -0.2) is 0 Å². The fourth-order valence-electron chi connectivity index (χ4n) is 4.64. The summed E-state index contributed by atoms with van der Waals surface area (Å²) < 4.78 is 33.7. The number of carbonyl (C=O) groups is 2. The van der Waals surface area contributed by atoms with E-state index in [2.05, 4.69) is 80.7 Å². The largest absolute Gasteiger partial charge is 0.756 e. The minimum atomic E-state index is -4.64. The number of ether oxygens (including phenoxy) is 2. The first-order valence-corrected chi connectivity index (χ1v) is 21.3. The lowest BCUT2D eigenvalue weighted by Crippen LogP contribution is -2.37. The summed E-state index contributed by atoms with van der Waals surface area (Å²) in [7, 11) is 1.11. The van der Waals surface area contributed by atoms with E-state index in [-0.39, 0.29) is 26.1 Å². The number of nitrogens with zero attached hydrogens (tertiary/aromatic N) is 1. The first kappa shape index (κ1) is 50.2. The number of quaternary nitrogens is 1. The van der Waals surface area contributed by atoms with E-state index in [1.807, 2.05) is 39.4 Å². The van der Waals surface area contributed by atoms with Crippen molar-refractivity contribution in [2.75, 3.05) is 47.5 Å².